The lowest BCUT2D eigenvalue weighted by Crippen LogP contribution is -2.30. The van der Waals surface area contributed by atoms with Gasteiger partial charge in [-0.2, -0.15) is 0 Å². The van der Waals surface area contributed by atoms with Crippen molar-refractivity contribution in [3.8, 4) is 11.5 Å². The number of ether oxygens (including phenoxy) is 2. The number of carbonyl (C=O) groups is 2. The van der Waals surface area contributed by atoms with E-state index in [1.807, 2.05) is 51.1 Å². The highest BCUT2D eigenvalue weighted by Gasteiger charge is 2.17. The first kappa shape index (κ1) is 21.2. The van der Waals surface area contributed by atoms with Gasteiger partial charge in [0.05, 0.1) is 0 Å². The third-order valence-electron chi connectivity index (χ3n) is 5.28. The van der Waals surface area contributed by atoms with Crippen molar-refractivity contribution in [2.45, 2.75) is 20.8 Å². The quantitative estimate of drug-likeness (QED) is 0.575. The van der Waals surface area contributed by atoms with Crippen molar-refractivity contribution in [2.24, 2.45) is 0 Å². The van der Waals surface area contributed by atoms with Crippen molar-refractivity contribution >= 4 is 23.6 Å². The summed E-state index contributed by atoms with van der Waals surface area (Å²) >= 11 is 0. The summed E-state index contributed by atoms with van der Waals surface area (Å²) in [5, 5.41) is 5.61. The van der Waals surface area contributed by atoms with Crippen molar-refractivity contribution in [3.05, 3.63) is 94.2 Å². The highest BCUT2D eigenvalue weighted by molar-refractivity contribution is 6.10. The van der Waals surface area contributed by atoms with Crippen LogP contribution in [0, 0.1) is 20.8 Å². The molecule has 0 unspecified atom stereocenters. The van der Waals surface area contributed by atoms with Gasteiger partial charge >= 0.3 is 0 Å². The van der Waals surface area contributed by atoms with Gasteiger partial charge in [-0.25, -0.2) is 0 Å². The highest BCUT2D eigenvalue weighted by Crippen LogP contribution is 2.33. The summed E-state index contributed by atoms with van der Waals surface area (Å²) in [6.45, 7) is 6.06. The molecule has 3 aromatic carbocycles. The monoisotopic (exact) mass is 428 g/mol. The Morgan fingerprint density at radius 3 is 2.34 bits per heavy atom. The largest absolute Gasteiger partial charge is 0.454 e. The van der Waals surface area contributed by atoms with Gasteiger partial charge in [-0.3, -0.25) is 9.59 Å². The lowest BCUT2D eigenvalue weighted by Gasteiger charge is -2.12. The molecular formula is C26H24N2O4. The molecule has 0 saturated carbocycles. The maximum atomic E-state index is 13.1. The van der Waals surface area contributed by atoms with E-state index in [4.69, 9.17) is 9.47 Å². The molecule has 0 spiro atoms. The smallest absolute Gasteiger partial charge is 0.272 e. The molecule has 2 N–H and O–H groups in total. The van der Waals surface area contributed by atoms with Crippen LogP contribution in [0.15, 0.2) is 66.4 Å². The Morgan fingerprint density at radius 2 is 1.59 bits per heavy atom. The Hall–Kier alpha value is -4.06. The highest BCUT2D eigenvalue weighted by atomic mass is 16.7. The molecule has 6 heteroatoms. The van der Waals surface area contributed by atoms with E-state index in [0.29, 0.717) is 28.3 Å². The summed E-state index contributed by atoms with van der Waals surface area (Å²) in [5.74, 6) is 0.451. The molecule has 4 rings (SSSR count). The second kappa shape index (κ2) is 8.98. The Kier molecular flexibility index (Phi) is 5.94. The molecule has 0 aliphatic carbocycles. The zero-order valence-electron chi connectivity index (χ0n) is 18.2. The van der Waals surface area contributed by atoms with Crippen LogP contribution in [-0.4, -0.2) is 18.6 Å². The van der Waals surface area contributed by atoms with Crippen LogP contribution in [-0.2, 0) is 4.79 Å². The fraction of sp³-hybridized carbons (Fsp3) is 0.154. The molecule has 0 radical (unpaired) electrons. The van der Waals surface area contributed by atoms with Crippen LogP contribution in [0.4, 0.5) is 5.69 Å². The average molecular weight is 428 g/mol. The first-order valence-corrected chi connectivity index (χ1v) is 10.3. The van der Waals surface area contributed by atoms with Crippen LogP contribution < -0.4 is 20.1 Å². The van der Waals surface area contributed by atoms with E-state index in [-0.39, 0.29) is 18.4 Å². The topological polar surface area (TPSA) is 76.7 Å². The number of fused-ring (bicyclic) bond motifs is 1. The third kappa shape index (κ3) is 4.81. The standard InChI is InChI=1S/C26H24N2O4/c1-16-4-9-21(10-5-16)27-26(30)22(13-19-7-11-23-24(14-19)32-15-31-23)28-25(29)20-8-6-17(2)18(3)12-20/h4-14H,15H2,1-3H3,(H,27,30)(H,28,29)/b22-13-. The molecule has 0 atom stereocenters. The molecule has 0 saturated heterocycles. The van der Waals surface area contributed by atoms with Crippen molar-refractivity contribution < 1.29 is 19.1 Å². The number of anilines is 1. The second-order valence-electron chi connectivity index (χ2n) is 7.74. The third-order valence-corrected chi connectivity index (χ3v) is 5.28. The maximum absolute atomic E-state index is 13.1. The number of hydrogen-bond acceptors (Lipinski definition) is 4. The lowest BCUT2D eigenvalue weighted by atomic mass is 10.1. The SMILES string of the molecule is Cc1ccc(NC(=O)/C(=C/c2ccc3c(c2)OCO3)NC(=O)c2ccc(C)c(C)c2)cc1. The normalized spacial score (nSPS) is 12.4. The van der Waals surface area contributed by atoms with Crippen LogP contribution in [0.2, 0.25) is 0 Å². The minimum Gasteiger partial charge on any atom is -0.454 e. The van der Waals surface area contributed by atoms with E-state index in [1.165, 1.54) is 0 Å². The van der Waals surface area contributed by atoms with Gasteiger partial charge in [-0.1, -0.05) is 29.8 Å². The predicted molar refractivity (Wildman–Crippen MR) is 124 cm³/mol. The van der Waals surface area contributed by atoms with Crippen molar-refractivity contribution in [3.63, 3.8) is 0 Å². The van der Waals surface area contributed by atoms with Crippen LogP contribution >= 0.6 is 0 Å². The van der Waals surface area contributed by atoms with Crippen molar-refractivity contribution in [1.82, 2.24) is 5.32 Å². The Bertz CT molecular complexity index is 1210. The lowest BCUT2D eigenvalue weighted by molar-refractivity contribution is -0.113. The molecule has 1 aliphatic heterocycles. The van der Waals surface area contributed by atoms with E-state index in [9.17, 15) is 9.59 Å². The fourth-order valence-electron chi connectivity index (χ4n) is 3.24. The first-order valence-electron chi connectivity index (χ1n) is 10.3. The van der Waals surface area contributed by atoms with Crippen LogP contribution in [0.25, 0.3) is 6.08 Å². The number of nitrogens with one attached hydrogen (secondary N) is 2. The van der Waals surface area contributed by atoms with Crippen LogP contribution in [0.3, 0.4) is 0 Å². The summed E-state index contributed by atoms with van der Waals surface area (Å²) in [5.41, 5.74) is 5.11. The molecule has 1 aliphatic rings. The number of amides is 2. The first-order chi connectivity index (χ1) is 15.4. The van der Waals surface area contributed by atoms with Crippen LogP contribution in [0.5, 0.6) is 11.5 Å². The molecule has 0 aromatic heterocycles. The molecule has 2 amide bonds. The summed E-state index contributed by atoms with van der Waals surface area (Å²) < 4.78 is 10.8. The number of carbonyl (C=O) groups excluding carboxylic acids is 2. The van der Waals surface area contributed by atoms with Gasteiger partial charge in [0.15, 0.2) is 11.5 Å². The zero-order valence-corrected chi connectivity index (χ0v) is 18.2. The molecule has 0 fully saturated rings. The van der Waals surface area contributed by atoms with E-state index in [0.717, 1.165) is 16.7 Å². The summed E-state index contributed by atoms with van der Waals surface area (Å²) in [6.07, 6.45) is 1.62. The molecule has 6 nitrogen and oxygen atoms in total. The minimum absolute atomic E-state index is 0.118. The molecule has 0 bridgehead atoms. The van der Waals surface area contributed by atoms with Gasteiger partial charge in [0.25, 0.3) is 11.8 Å². The number of rotatable bonds is 5. The van der Waals surface area contributed by atoms with Crippen molar-refractivity contribution in [1.29, 1.82) is 0 Å². The number of hydrogen-bond donors (Lipinski definition) is 2. The van der Waals surface area contributed by atoms with Crippen molar-refractivity contribution in [2.75, 3.05) is 12.1 Å². The average Bonchev–Trinajstić information content (AvgIpc) is 3.24. The Labute approximate surface area is 186 Å². The van der Waals surface area contributed by atoms with E-state index in [2.05, 4.69) is 10.6 Å². The fourth-order valence-corrected chi connectivity index (χ4v) is 3.24. The van der Waals surface area contributed by atoms with Gasteiger partial charge in [-0.05, 0) is 79.9 Å². The molecule has 32 heavy (non-hydrogen) atoms. The summed E-state index contributed by atoms with van der Waals surface area (Å²) in [4.78, 5) is 26.0. The molecule has 162 valence electrons. The zero-order chi connectivity index (χ0) is 22.7. The van der Waals surface area contributed by atoms with E-state index in [1.54, 1.807) is 36.4 Å². The molecular weight excluding hydrogens is 404 g/mol. The summed E-state index contributed by atoms with van der Waals surface area (Å²) in [6, 6.07) is 18.2. The number of aryl methyl sites for hydroxylation is 3. The summed E-state index contributed by atoms with van der Waals surface area (Å²) in [7, 11) is 0. The maximum Gasteiger partial charge on any atom is 0.272 e. The van der Waals surface area contributed by atoms with Gasteiger partial charge < -0.3 is 20.1 Å². The predicted octanol–water partition coefficient (Wildman–Crippen LogP) is 4.75. The Balaban J connectivity index is 1.63. The van der Waals surface area contributed by atoms with E-state index >= 15 is 0 Å². The van der Waals surface area contributed by atoms with Gasteiger partial charge in [0, 0.05) is 11.3 Å². The Morgan fingerprint density at radius 1 is 0.844 bits per heavy atom. The van der Waals surface area contributed by atoms with Gasteiger partial charge in [-0.15, -0.1) is 0 Å². The second-order valence-corrected chi connectivity index (χ2v) is 7.74. The number of benzene rings is 3. The molecule has 1 heterocycles. The molecule has 3 aromatic rings. The van der Waals surface area contributed by atoms with E-state index < -0.39 is 5.91 Å². The van der Waals surface area contributed by atoms with Crippen LogP contribution in [0.1, 0.15) is 32.6 Å². The minimum atomic E-state index is -0.427. The van der Waals surface area contributed by atoms with Gasteiger partial charge in [0.1, 0.15) is 5.70 Å². The van der Waals surface area contributed by atoms with Gasteiger partial charge in [0.2, 0.25) is 6.79 Å².